The van der Waals surface area contributed by atoms with E-state index in [1.54, 1.807) is 7.11 Å². The molecule has 3 heteroatoms. The normalized spacial score (nSPS) is 12.8. The topological polar surface area (TPSA) is 21.3 Å². The third kappa shape index (κ3) is 16.3. The molecular weight excluding hydrogens is 270 g/mol. The van der Waals surface area contributed by atoms with Gasteiger partial charge in [-0.3, -0.25) is 0 Å². The molecule has 0 spiro atoms. The number of hydrogen-bond acceptors (Lipinski definition) is 2. The monoisotopic (exact) mass is 305 g/mol. The molecule has 0 aromatic rings. The summed E-state index contributed by atoms with van der Waals surface area (Å²) in [4.78, 5) is 0. The van der Waals surface area contributed by atoms with Gasteiger partial charge in [0.25, 0.3) is 0 Å². The largest absolute Gasteiger partial charge is 0.383 e. The van der Waals surface area contributed by atoms with E-state index in [2.05, 4.69) is 12.2 Å². The van der Waals surface area contributed by atoms with Crippen molar-refractivity contribution in [3.63, 3.8) is 0 Å². The number of hydrogen-bond donors (Lipinski definition) is 1. The molecule has 0 aromatic heterocycles. The van der Waals surface area contributed by atoms with E-state index in [4.69, 9.17) is 16.3 Å². The van der Waals surface area contributed by atoms with E-state index in [1.807, 2.05) is 0 Å². The maximum atomic E-state index is 6.06. The summed E-state index contributed by atoms with van der Waals surface area (Å²) in [6.45, 7) is 5.07. The Morgan fingerprint density at radius 3 is 1.95 bits per heavy atom. The van der Waals surface area contributed by atoms with Crippen LogP contribution in [0.25, 0.3) is 0 Å². The molecule has 1 N–H and O–H groups in total. The van der Waals surface area contributed by atoms with Crippen LogP contribution in [-0.2, 0) is 4.74 Å². The number of rotatable bonds is 16. The van der Waals surface area contributed by atoms with Crippen molar-refractivity contribution in [2.75, 3.05) is 26.8 Å². The Balaban J connectivity index is 2.99. The first kappa shape index (κ1) is 20.2. The number of unbranched alkanes of at least 4 members (excludes halogenated alkanes) is 9. The van der Waals surface area contributed by atoms with Crippen molar-refractivity contribution in [1.82, 2.24) is 5.32 Å². The Morgan fingerprint density at radius 2 is 1.40 bits per heavy atom. The quantitative estimate of drug-likeness (QED) is 0.315. The molecule has 0 bridgehead atoms. The summed E-state index contributed by atoms with van der Waals surface area (Å²) in [6, 6.07) is 0. The second kappa shape index (κ2) is 17.3. The number of nitrogens with one attached hydrogen (secondary N) is 1. The van der Waals surface area contributed by atoms with Gasteiger partial charge in [0.2, 0.25) is 0 Å². The molecule has 122 valence electrons. The Morgan fingerprint density at radius 1 is 0.850 bits per heavy atom. The van der Waals surface area contributed by atoms with E-state index in [0.29, 0.717) is 6.61 Å². The fourth-order valence-electron chi connectivity index (χ4n) is 2.39. The van der Waals surface area contributed by atoms with Gasteiger partial charge in [0, 0.05) is 7.11 Å². The lowest BCUT2D eigenvalue weighted by atomic mass is 10.1. The third-order valence-corrected chi connectivity index (χ3v) is 4.03. The molecule has 0 aliphatic rings. The average Bonchev–Trinajstić information content (AvgIpc) is 2.44. The number of alkyl halides is 1. The minimum Gasteiger partial charge on any atom is -0.383 e. The Bertz CT molecular complexity index is 178. The maximum Gasteiger partial charge on any atom is 0.0626 e. The zero-order valence-electron chi connectivity index (χ0n) is 13.8. The zero-order chi connectivity index (χ0) is 14.9. The van der Waals surface area contributed by atoms with Crippen molar-refractivity contribution in [2.45, 2.75) is 82.9 Å². The van der Waals surface area contributed by atoms with Crippen LogP contribution < -0.4 is 5.32 Å². The lowest BCUT2D eigenvalue weighted by molar-refractivity contribution is 0.195. The van der Waals surface area contributed by atoms with Crippen LogP contribution in [0.3, 0.4) is 0 Å². The number of halogens is 1. The van der Waals surface area contributed by atoms with Gasteiger partial charge in [-0.25, -0.2) is 0 Å². The fourth-order valence-corrected chi connectivity index (χ4v) is 2.62. The molecular formula is C17H36ClNO. The van der Waals surface area contributed by atoms with Crippen LogP contribution in [0.2, 0.25) is 0 Å². The summed E-state index contributed by atoms with van der Waals surface area (Å²) in [5, 5.41) is 3.61. The van der Waals surface area contributed by atoms with Gasteiger partial charge >= 0.3 is 0 Å². The molecule has 0 radical (unpaired) electrons. The van der Waals surface area contributed by atoms with Gasteiger partial charge in [-0.05, 0) is 25.9 Å². The van der Waals surface area contributed by atoms with Gasteiger partial charge in [0.15, 0.2) is 0 Å². The molecule has 0 aliphatic carbocycles. The molecule has 1 atom stereocenters. The highest BCUT2D eigenvalue weighted by atomic mass is 35.5. The van der Waals surface area contributed by atoms with Crippen molar-refractivity contribution in [3.05, 3.63) is 0 Å². The molecule has 0 heterocycles. The van der Waals surface area contributed by atoms with E-state index < -0.39 is 0 Å². The first-order valence-electron chi connectivity index (χ1n) is 8.65. The van der Waals surface area contributed by atoms with Crippen LogP contribution in [0.5, 0.6) is 0 Å². The lowest BCUT2D eigenvalue weighted by Gasteiger charge is -2.09. The molecule has 0 fully saturated rings. The second-order valence-corrected chi connectivity index (χ2v) is 6.39. The van der Waals surface area contributed by atoms with Gasteiger partial charge in [0.1, 0.15) is 0 Å². The van der Waals surface area contributed by atoms with Crippen molar-refractivity contribution in [1.29, 1.82) is 0 Å². The molecule has 0 saturated heterocycles. The lowest BCUT2D eigenvalue weighted by Crippen LogP contribution is -2.21. The highest BCUT2D eigenvalue weighted by molar-refractivity contribution is 6.20. The van der Waals surface area contributed by atoms with Crippen LogP contribution in [0.4, 0.5) is 0 Å². The molecule has 0 amide bonds. The number of methoxy groups -OCH3 is 1. The van der Waals surface area contributed by atoms with E-state index in [-0.39, 0.29) is 5.38 Å². The molecule has 20 heavy (non-hydrogen) atoms. The summed E-state index contributed by atoms with van der Waals surface area (Å²) in [6.07, 6.45) is 15.0. The van der Waals surface area contributed by atoms with E-state index >= 15 is 0 Å². The van der Waals surface area contributed by atoms with Crippen LogP contribution in [0, 0.1) is 0 Å². The standard InChI is InChI=1S/C17H36ClNO/c1-3-4-5-6-7-8-9-10-11-12-14-19-15-13-17(18)16-20-2/h17,19H,3-16H2,1-2H3. The van der Waals surface area contributed by atoms with Gasteiger partial charge in [-0.15, -0.1) is 11.6 Å². The van der Waals surface area contributed by atoms with E-state index in [1.165, 1.54) is 64.2 Å². The number of ether oxygens (including phenoxy) is 1. The van der Waals surface area contributed by atoms with Gasteiger partial charge in [-0.2, -0.15) is 0 Å². The second-order valence-electron chi connectivity index (χ2n) is 5.77. The van der Waals surface area contributed by atoms with Gasteiger partial charge in [-0.1, -0.05) is 64.7 Å². The molecule has 0 rings (SSSR count). The average molecular weight is 306 g/mol. The summed E-state index contributed by atoms with van der Waals surface area (Å²) in [5.74, 6) is 0. The van der Waals surface area contributed by atoms with Crippen molar-refractivity contribution < 1.29 is 4.74 Å². The Labute approximate surface area is 132 Å². The summed E-state index contributed by atoms with van der Waals surface area (Å²) in [7, 11) is 1.70. The molecule has 0 saturated carbocycles. The van der Waals surface area contributed by atoms with Crippen molar-refractivity contribution in [2.24, 2.45) is 0 Å². The fraction of sp³-hybridized carbons (Fsp3) is 1.00. The van der Waals surface area contributed by atoms with Gasteiger partial charge < -0.3 is 10.1 Å². The highest BCUT2D eigenvalue weighted by Gasteiger charge is 2.02. The summed E-state index contributed by atoms with van der Waals surface area (Å²) < 4.78 is 5.01. The SMILES string of the molecule is CCCCCCCCCCCCNCCC(Cl)COC. The van der Waals surface area contributed by atoms with E-state index in [0.717, 1.165) is 19.5 Å². The molecule has 0 aliphatic heterocycles. The van der Waals surface area contributed by atoms with Crippen LogP contribution in [0.1, 0.15) is 77.6 Å². The molecule has 2 nitrogen and oxygen atoms in total. The minimum absolute atomic E-state index is 0.153. The van der Waals surface area contributed by atoms with Gasteiger partial charge in [0.05, 0.1) is 12.0 Å². The third-order valence-electron chi connectivity index (χ3n) is 3.69. The summed E-state index contributed by atoms with van der Waals surface area (Å²) in [5.41, 5.74) is 0. The predicted molar refractivity (Wildman–Crippen MR) is 90.8 cm³/mol. The Kier molecular flexibility index (Phi) is 17.4. The Hall–Kier alpha value is 0.210. The van der Waals surface area contributed by atoms with Crippen LogP contribution >= 0.6 is 11.6 Å². The predicted octanol–water partition coefficient (Wildman–Crippen LogP) is 5.14. The van der Waals surface area contributed by atoms with Crippen molar-refractivity contribution >= 4 is 11.6 Å². The molecule has 1 unspecified atom stereocenters. The smallest absolute Gasteiger partial charge is 0.0626 e. The van der Waals surface area contributed by atoms with Crippen molar-refractivity contribution in [3.8, 4) is 0 Å². The maximum absolute atomic E-state index is 6.06. The summed E-state index contributed by atoms with van der Waals surface area (Å²) >= 11 is 6.06. The zero-order valence-corrected chi connectivity index (χ0v) is 14.5. The van der Waals surface area contributed by atoms with Crippen LogP contribution in [0.15, 0.2) is 0 Å². The van der Waals surface area contributed by atoms with Crippen LogP contribution in [-0.4, -0.2) is 32.2 Å². The van der Waals surface area contributed by atoms with E-state index in [9.17, 15) is 0 Å². The molecule has 0 aromatic carbocycles. The first-order chi connectivity index (χ1) is 9.81. The highest BCUT2D eigenvalue weighted by Crippen LogP contribution is 2.10. The minimum atomic E-state index is 0.153. The first-order valence-corrected chi connectivity index (χ1v) is 9.08.